The number of hydrogen-bond acceptors (Lipinski definition) is 3. The van der Waals surface area contributed by atoms with E-state index >= 15 is 0 Å². The SMILES string of the molecule is O=NNC(=O)Nc1ccccc1. The number of benzene rings is 1. The van der Waals surface area contributed by atoms with Crippen molar-refractivity contribution in [3.63, 3.8) is 0 Å². The molecule has 0 unspecified atom stereocenters. The largest absolute Gasteiger partial charge is 0.342 e. The van der Waals surface area contributed by atoms with Crippen molar-refractivity contribution in [1.82, 2.24) is 5.43 Å². The molecule has 0 saturated carbocycles. The van der Waals surface area contributed by atoms with Gasteiger partial charge in [0.2, 0.25) is 0 Å². The van der Waals surface area contributed by atoms with Gasteiger partial charge in [-0.05, 0) is 12.1 Å². The maximum atomic E-state index is 10.7. The zero-order chi connectivity index (χ0) is 8.81. The summed E-state index contributed by atoms with van der Waals surface area (Å²) >= 11 is 0. The van der Waals surface area contributed by atoms with Crippen LogP contribution in [0.4, 0.5) is 10.5 Å². The molecule has 5 heteroatoms. The molecule has 0 radical (unpaired) electrons. The summed E-state index contributed by atoms with van der Waals surface area (Å²) in [5, 5.41) is 4.62. The number of urea groups is 1. The van der Waals surface area contributed by atoms with Gasteiger partial charge in [0, 0.05) is 5.69 Å². The van der Waals surface area contributed by atoms with E-state index in [2.05, 4.69) is 10.6 Å². The zero-order valence-corrected chi connectivity index (χ0v) is 6.15. The van der Waals surface area contributed by atoms with Gasteiger partial charge >= 0.3 is 6.03 Å². The highest BCUT2D eigenvalue weighted by molar-refractivity contribution is 5.88. The molecule has 2 amide bonds. The van der Waals surface area contributed by atoms with Crippen molar-refractivity contribution in [2.24, 2.45) is 5.29 Å². The molecule has 1 rings (SSSR count). The third-order valence-electron chi connectivity index (χ3n) is 1.18. The topological polar surface area (TPSA) is 70.6 Å². The number of nitrogens with zero attached hydrogens (tertiary/aromatic N) is 1. The minimum atomic E-state index is -0.642. The van der Waals surface area contributed by atoms with Crippen molar-refractivity contribution in [3.8, 4) is 0 Å². The molecule has 5 nitrogen and oxygen atoms in total. The Morgan fingerprint density at radius 2 is 1.92 bits per heavy atom. The van der Waals surface area contributed by atoms with Crippen molar-refractivity contribution in [2.75, 3.05) is 5.32 Å². The van der Waals surface area contributed by atoms with Crippen molar-refractivity contribution < 1.29 is 4.79 Å². The number of anilines is 1. The van der Waals surface area contributed by atoms with Crippen LogP contribution in [-0.4, -0.2) is 6.03 Å². The standard InChI is InChI=1S/C7H7N3O2/c11-7(9-10-12)8-6-4-2-1-3-5-6/h1-5H,(H2,8,9,11,12). The number of para-hydroxylation sites is 1. The fraction of sp³-hybridized carbons (Fsp3) is 0. The fourth-order valence-corrected chi connectivity index (χ4v) is 0.722. The van der Waals surface area contributed by atoms with Gasteiger partial charge in [-0.1, -0.05) is 18.2 Å². The molecule has 12 heavy (non-hydrogen) atoms. The third kappa shape index (κ3) is 2.37. The summed E-state index contributed by atoms with van der Waals surface area (Å²) in [6.45, 7) is 0. The molecule has 0 aliphatic heterocycles. The van der Waals surface area contributed by atoms with E-state index in [0.717, 1.165) is 0 Å². The Bertz CT molecular complexity index is 273. The monoisotopic (exact) mass is 165 g/mol. The number of amides is 2. The quantitative estimate of drug-likeness (QED) is 0.514. The van der Waals surface area contributed by atoms with Crippen LogP contribution >= 0.6 is 0 Å². The summed E-state index contributed by atoms with van der Waals surface area (Å²) in [5.41, 5.74) is 2.32. The van der Waals surface area contributed by atoms with Gasteiger partial charge in [0.05, 0.1) is 5.29 Å². The number of nitroso groups, excluding NO2 is 1. The summed E-state index contributed by atoms with van der Waals surface area (Å²) in [6, 6.07) is 8.11. The first-order valence-electron chi connectivity index (χ1n) is 3.27. The summed E-state index contributed by atoms with van der Waals surface area (Å²) in [6.07, 6.45) is 0. The first-order chi connectivity index (χ1) is 5.83. The van der Waals surface area contributed by atoms with E-state index in [-0.39, 0.29) is 0 Å². The fourth-order valence-electron chi connectivity index (χ4n) is 0.722. The van der Waals surface area contributed by atoms with E-state index in [1.54, 1.807) is 29.7 Å². The van der Waals surface area contributed by atoms with E-state index in [9.17, 15) is 9.70 Å². The van der Waals surface area contributed by atoms with Gasteiger partial charge in [-0.3, -0.25) is 0 Å². The van der Waals surface area contributed by atoms with Gasteiger partial charge in [-0.25, -0.2) is 4.79 Å². The van der Waals surface area contributed by atoms with E-state index in [1.165, 1.54) is 0 Å². The first kappa shape index (κ1) is 8.19. The molecule has 0 aromatic heterocycles. The minimum absolute atomic E-state index is 0.610. The summed E-state index contributed by atoms with van der Waals surface area (Å²) in [5.74, 6) is 0. The number of rotatable bonds is 2. The van der Waals surface area contributed by atoms with Crippen LogP contribution in [-0.2, 0) is 0 Å². The molecule has 1 aromatic rings. The molecule has 0 aliphatic rings. The van der Waals surface area contributed by atoms with Crippen molar-refractivity contribution in [3.05, 3.63) is 35.2 Å². The molecule has 0 saturated heterocycles. The van der Waals surface area contributed by atoms with E-state index in [4.69, 9.17) is 0 Å². The smallest absolute Gasteiger partial charge is 0.306 e. The molecule has 0 bridgehead atoms. The number of carbonyl (C=O) groups excluding carboxylic acids is 1. The average molecular weight is 165 g/mol. The summed E-state index contributed by atoms with van der Waals surface area (Å²) < 4.78 is 0. The molecule has 62 valence electrons. The number of hydrogen-bond donors (Lipinski definition) is 2. The lowest BCUT2D eigenvalue weighted by Crippen LogP contribution is -2.23. The summed E-state index contributed by atoms with van der Waals surface area (Å²) in [7, 11) is 0. The zero-order valence-electron chi connectivity index (χ0n) is 6.15. The van der Waals surface area contributed by atoms with Gasteiger partial charge in [-0.15, -0.1) is 4.91 Å². The second kappa shape index (κ2) is 4.07. The Morgan fingerprint density at radius 1 is 1.25 bits per heavy atom. The van der Waals surface area contributed by atoms with Gasteiger partial charge in [-0.2, -0.15) is 5.43 Å². The van der Waals surface area contributed by atoms with Crippen LogP contribution in [0.15, 0.2) is 35.6 Å². The third-order valence-corrected chi connectivity index (χ3v) is 1.18. The van der Waals surface area contributed by atoms with Crippen LogP contribution in [0.2, 0.25) is 0 Å². The highest BCUT2D eigenvalue weighted by Crippen LogP contribution is 2.03. The number of nitrogens with one attached hydrogen (secondary N) is 2. The van der Waals surface area contributed by atoms with Gasteiger partial charge in [0.15, 0.2) is 0 Å². The second-order valence-corrected chi connectivity index (χ2v) is 2.02. The van der Waals surface area contributed by atoms with E-state index < -0.39 is 6.03 Å². The predicted octanol–water partition coefficient (Wildman–Crippen LogP) is 1.49. The highest BCUT2D eigenvalue weighted by Gasteiger charge is 1.97. The molecule has 0 heterocycles. The maximum Gasteiger partial charge on any atom is 0.342 e. The van der Waals surface area contributed by atoms with Crippen LogP contribution in [0.3, 0.4) is 0 Å². The lowest BCUT2D eigenvalue weighted by Gasteiger charge is -2.00. The van der Waals surface area contributed by atoms with Crippen LogP contribution < -0.4 is 10.7 Å². The Labute approximate surface area is 68.7 Å². The van der Waals surface area contributed by atoms with Gasteiger partial charge < -0.3 is 5.32 Å². The van der Waals surface area contributed by atoms with Crippen molar-refractivity contribution >= 4 is 11.7 Å². The van der Waals surface area contributed by atoms with Gasteiger partial charge in [0.1, 0.15) is 0 Å². The van der Waals surface area contributed by atoms with Crippen molar-refractivity contribution in [1.29, 1.82) is 0 Å². The van der Waals surface area contributed by atoms with Crippen LogP contribution in [0.5, 0.6) is 0 Å². The molecule has 0 spiro atoms. The van der Waals surface area contributed by atoms with E-state index in [1.807, 2.05) is 6.07 Å². The first-order valence-corrected chi connectivity index (χ1v) is 3.27. The Morgan fingerprint density at radius 3 is 2.50 bits per heavy atom. The highest BCUT2D eigenvalue weighted by atomic mass is 16.3. The molecule has 2 N–H and O–H groups in total. The summed E-state index contributed by atoms with van der Waals surface area (Å²) in [4.78, 5) is 20.3. The Hall–Kier alpha value is -1.91. The molecule has 0 fully saturated rings. The molecule has 1 aromatic carbocycles. The predicted molar refractivity (Wildman–Crippen MR) is 44.4 cm³/mol. The van der Waals surface area contributed by atoms with Crippen LogP contribution in [0.1, 0.15) is 0 Å². The normalized spacial score (nSPS) is 8.67. The van der Waals surface area contributed by atoms with E-state index in [0.29, 0.717) is 5.69 Å². The molecular weight excluding hydrogens is 158 g/mol. The van der Waals surface area contributed by atoms with Gasteiger partial charge in [0.25, 0.3) is 0 Å². The number of carbonyl (C=O) groups is 1. The second-order valence-electron chi connectivity index (χ2n) is 2.02. The van der Waals surface area contributed by atoms with Crippen molar-refractivity contribution in [2.45, 2.75) is 0 Å². The molecular formula is C7H7N3O2. The average Bonchev–Trinajstić information content (AvgIpc) is 2.06. The van der Waals surface area contributed by atoms with Crippen LogP contribution in [0.25, 0.3) is 0 Å². The lowest BCUT2D eigenvalue weighted by atomic mass is 10.3. The van der Waals surface area contributed by atoms with Crippen LogP contribution in [0, 0.1) is 4.91 Å². The Balaban J connectivity index is 2.52. The maximum absolute atomic E-state index is 10.7. The minimum Gasteiger partial charge on any atom is -0.306 e. The lowest BCUT2D eigenvalue weighted by molar-refractivity contribution is 0.252. The molecule has 0 aliphatic carbocycles. The Kier molecular flexibility index (Phi) is 2.78. The molecule has 0 atom stereocenters.